The van der Waals surface area contributed by atoms with Crippen molar-refractivity contribution in [2.45, 2.75) is 12.5 Å². The van der Waals surface area contributed by atoms with Gasteiger partial charge in [-0.3, -0.25) is 4.79 Å². The van der Waals surface area contributed by atoms with Crippen LogP contribution in [0.15, 0.2) is 0 Å². The number of ether oxygens (including phenoxy) is 1. The van der Waals surface area contributed by atoms with Crippen LogP contribution in [0.1, 0.15) is 6.42 Å². The minimum atomic E-state index is -0.525. The molecule has 4 nitrogen and oxygen atoms in total. The van der Waals surface area contributed by atoms with Gasteiger partial charge in [-0.25, -0.2) is 0 Å². The van der Waals surface area contributed by atoms with Gasteiger partial charge in [-0.15, -0.1) is 0 Å². The second-order valence-electron chi connectivity index (χ2n) is 2.55. The Hall–Kier alpha value is -0.610. The number of rotatable bonds is 2. The van der Waals surface area contributed by atoms with E-state index in [9.17, 15) is 4.79 Å². The lowest BCUT2D eigenvalue weighted by Gasteiger charge is -2.12. The van der Waals surface area contributed by atoms with Crippen molar-refractivity contribution in [3.05, 3.63) is 0 Å². The normalized spacial score (nSPS) is 28.3. The molecular weight excluding hydrogens is 132 g/mol. The molecule has 1 aliphatic heterocycles. The van der Waals surface area contributed by atoms with Crippen molar-refractivity contribution >= 4 is 5.91 Å². The first-order valence-corrected chi connectivity index (χ1v) is 3.34. The number of hydrogen-bond acceptors (Lipinski definition) is 3. The van der Waals surface area contributed by atoms with Crippen LogP contribution in [0.5, 0.6) is 0 Å². The Morgan fingerprint density at radius 1 is 1.70 bits per heavy atom. The van der Waals surface area contributed by atoms with Gasteiger partial charge in [-0.1, -0.05) is 0 Å². The lowest BCUT2D eigenvalue weighted by molar-refractivity contribution is -0.120. The van der Waals surface area contributed by atoms with Gasteiger partial charge in [-0.2, -0.15) is 0 Å². The molecule has 1 heterocycles. The molecule has 0 saturated carbocycles. The van der Waals surface area contributed by atoms with Crippen molar-refractivity contribution in [1.82, 2.24) is 0 Å². The highest BCUT2D eigenvalue weighted by atomic mass is 16.5. The SMILES string of the molecule is NC(=O)[C@H](N)[C@H]1CCOC1. The molecule has 1 saturated heterocycles. The summed E-state index contributed by atoms with van der Waals surface area (Å²) in [6, 6.07) is -0.525. The monoisotopic (exact) mass is 144 g/mol. The summed E-state index contributed by atoms with van der Waals surface area (Å²) in [5.74, 6) is -0.298. The van der Waals surface area contributed by atoms with Gasteiger partial charge in [0, 0.05) is 12.5 Å². The lowest BCUT2D eigenvalue weighted by atomic mass is 10.00. The van der Waals surface area contributed by atoms with E-state index < -0.39 is 11.9 Å². The summed E-state index contributed by atoms with van der Waals surface area (Å²) in [5, 5.41) is 0. The minimum absolute atomic E-state index is 0.137. The average molecular weight is 144 g/mol. The fraction of sp³-hybridized carbons (Fsp3) is 0.833. The number of nitrogens with two attached hydrogens (primary N) is 2. The quantitative estimate of drug-likeness (QED) is 0.513. The molecule has 0 aromatic carbocycles. The maximum absolute atomic E-state index is 10.5. The van der Waals surface area contributed by atoms with E-state index in [1.807, 2.05) is 0 Å². The topological polar surface area (TPSA) is 78.3 Å². The summed E-state index contributed by atoms with van der Waals surface area (Å²) in [5.41, 5.74) is 10.5. The Kier molecular flexibility index (Phi) is 2.24. The summed E-state index contributed by atoms with van der Waals surface area (Å²) in [4.78, 5) is 10.5. The maximum atomic E-state index is 10.5. The van der Waals surface area contributed by atoms with Crippen LogP contribution in [0.2, 0.25) is 0 Å². The third kappa shape index (κ3) is 1.46. The second-order valence-corrected chi connectivity index (χ2v) is 2.55. The van der Waals surface area contributed by atoms with Crippen molar-refractivity contribution in [1.29, 1.82) is 0 Å². The molecule has 58 valence electrons. The van der Waals surface area contributed by atoms with Gasteiger partial charge in [-0.05, 0) is 6.42 Å². The standard InChI is InChI=1S/C6H12N2O2/c7-5(6(8)9)4-1-2-10-3-4/h4-5H,1-3,7H2,(H2,8,9)/t4-,5+/m0/s1. The zero-order valence-corrected chi connectivity index (χ0v) is 5.75. The van der Waals surface area contributed by atoms with Crippen LogP contribution in [-0.4, -0.2) is 25.2 Å². The molecule has 4 heteroatoms. The van der Waals surface area contributed by atoms with Crippen molar-refractivity contribution in [2.24, 2.45) is 17.4 Å². The van der Waals surface area contributed by atoms with E-state index in [4.69, 9.17) is 16.2 Å². The molecular formula is C6H12N2O2. The summed E-state index contributed by atoms with van der Waals surface area (Å²) in [6.07, 6.45) is 0.851. The molecule has 1 fully saturated rings. The summed E-state index contributed by atoms with van der Waals surface area (Å²) in [7, 11) is 0. The van der Waals surface area contributed by atoms with Crippen LogP contribution in [-0.2, 0) is 9.53 Å². The van der Waals surface area contributed by atoms with Crippen molar-refractivity contribution in [3.8, 4) is 0 Å². The molecule has 10 heavy (non-hydrogen) atoms. The largest absolute Gasteiger partial charge is 0.381 e. The Labute approximate surface area is 59.5 Å². The third-order valence-corrected chi connectivity index (χ3v) is 1.80. The summed E-state index contributed by atoms with van der Waals surface area (Å²) >= 11 is 0. The first-order chi connectivity index (χ1) is 4.72. The Balaban J connectivity index is 2.39. The van der Waals surface area contributed by atoms with Gasteiger partial charge in [0.15, 0.2) is 0 Å². The van der Waals surface area contributed by atoms with E-state index in [0.29, 0.717) is 13.2 Å². The Bertz CT molecular complexity index is 132. The van der Waals surface area contributed by atoms with Gasteiger partial charge in [0.25, 0.3) is 0 Å². The van der Waals surface area contributed by atoms with E-state index in [2.05, 4.69) is 0 Å². The van der Waals surface area contributed by atoms with E-state index in [-0.39, 0.29) is 5.92 Å². The van der Waals surface area contributed by atoms with Crippen molar-refractivity contribution in [3.63, 3.8) is 0 Å². The number of hydrogen-bond donors (Lipinski definition) is 2. The molecule has 1 aliphatic rings. The van der Waals surface area contributed by atoms with Crippen LogP contribution in [0.4, 0.5) is 0 Å². The number of carbonyl (C=O) groups is 1. The van der Waals surface area contributed by atoms with Gasteiger partial charge in [0.05, 0.1) is 12.6 Å². The predicted molar refractivity (Wildman–Crippen MR) is 36.1 cm³/mol. The molecule has 0 aliphatic carbocycles. The van der Waals surface area contributed by atoms with Crippen LogP contribution in [0.25, 0.3) is 0 Å². The number of carbonyl (C=O) groups excluding carboxylic acids is 1. The van der Waals surface area contributed by atoms with E-state index in [1.165, 1.54) is 0 Å². The number of primary amides is 1. The van der Waals surface area contributed by atoms with Crippen molar-refractivity contribution in [2.75, 3.05) is 13.2 Å². The highest BCUT2D eigenvalue weighted by Crippen LogP contribution is 2.14. The highest BCUT2D eigenvalue weighted by molar-refractivity contribution is 5.79. The molecule has 1 amide bonds. The predicted octanol–water partition coefficient (Wildman–Crippen LogP) is -1.16. The molecule has 4 N–H and O–H groups in total. The van der Waals surface area contributed by atoms with E-state index >= 15 is 0 Å². The molecule has 0 aromatic rings. The third-order valence-electron chi connectivity index (χ3n) is 1.80. The first kappa shape index (κ1) is 7.50. The summed E-state index contributed by atoms with van der Waals surface area (Å²) < 4.78 is 5.04. The van der Waals surface area contributed by atoms with E-state index in [0.717, 1.165) is 6.42 Å². The van der Waals surface area contributed by atoms with Gasteiger partial charge < -0.3 is 16.2 Å². The highest BCUT2D eigenvalue weighted by Gasteiger charge is 2.26. The van der Waals surface area contributed by atoms with Gasteiger partial charge in [0.2, 0.25) is 5.91 Å². The Morgan fingerprint density at radius 3 is 2.80 bits per heavy atom. The maximum Gasteiger partial charge on any atom is 0.234 e. The zero-order chi connectivity index (χ0) is 7.56. The molecule has 0 unspecified atom stereocenters. The summed E-state index contributed by atoms with van der Waals surface area (Å²) in [6.45, 7) is 1.27. The van der Waals surface area contributed by atoms with Crippen LogP contribution in [0, 0.1) is 5.92 Å². The van der Waals surface area contributed by atoms with E-state index in [1.54, 1.807) is 0 Å². The Morgan fingerprint density at radius 2 is 2.40 bits per heavy atom. The van der Waals surface area contributed by atoms with Crippen molar-refractivity contribution < 1.29 is 9.53 Å². The van der Waals surface area contributed by atoms with Crippen LogP contribution >= 0.6 is 0 Å². The van der Waals surface area contributed by atoms with Crippen LogP contribution in [0.3, 0.4) is 0 Å². The minimum Gasteiger partial charge on any atom is -0.381 e. The smallest absolute Gasteiger partial charge is 0.234 e. The van der Waals surface area contributed by atoms with Gasteiger partial charge >= 0.3 is 0 Å². The molecule has 0 aromatic heterocycles. The van der Waals surface area contributed by atoms with Gasteiger partial charge in [0.1, 0.15) is 0 Å². The van der Waals surface area contributed by atoms with Crippen LogP contribution < -0.4 is 11.5 Å². The number of amides is 1. The second kappa shape index (κ2) is 2.98. The molecule has 1 rings (SSSR count). The average Bonchev–Trinajstić information content (AvgIpc) is 2.36. The molecule has 0 radical (unpaired) electrons. The molecule has 0 bridgehead atoms. The fourth-order valence-corrected chi connectivity index (χ4v) is 1.07. The zero-order valence-electron chi connectivity index (χ0n) is 5.75. The first-order valence-electron chi connectivity index (χ1n) is 3.34. The molecule has 2 atom stereocenters. The fourth-order valence-electron chi connectivity index (χ4n) is 1.07. The lowest BCUT2D eigenvalue weighted by Crippen LogP contribution is -2.42. The molecule has 0 spiro atoms.